The Kier molecular flexibility index (Phi) is 7.11. The standard InChI is InChI=1S/C16H26NO4P/c1-6-15(16(18)20-12(2)3)17-22(19,13(4)5)21-14-10-8-7-9-11-14/h7-13,15H,6H2,1-5H3,(H,17,19). The Morgan fingerprint density at radius 2 is 1.77 bits per heavy atom. The number of carbonyl (C=O) groups excluding carboxylic acids is 1. The summed E-state index contributed by atoms with van der Waals surface area (Å²) in [6.45, 7) is 9.01. The Morgan fingerprint density at radius 1 is 1.18 bits per heavy atom. The summed E-state index contributed by atoms with van der Waals surface area (Å²) in [7, 11) is -3.23. The lowest BCUT2D eigenvalue weighted by atomic mass is 10.2. The molecule has 1 aromatic rings. The van der Waals surface area contributed by atoms with Crippen LogP contribution in [-0.4, -0.2) is 23.8 Å². The van der Waals surface area contributed by atoms with Crippen LogP contribution in [0.5, 0.6) is 5.75 Å². The molecule has 0 aliphatic heterocycles. The van der Waals surface area contributed by atoms with Crippen LogP contribution in [0.1, 0.15) is 41.0 Å². The van der Waals surface area contributed by atoms with E-state index >= 15 is 0 Å². The average molecular weight is 327 g/mol. The third kappa shape index (κ3) is 5.47. The molecule has 1 aromatic carbocycles. The van der Waals surface area contributed by atoms with Gasteiger partial charge in [-0.3, -0.25) is 9.36 Å². The van der Waals surface area contributed by atoms with Gasteiger partial charge in [0.15, 0.2) is 0 Å². The minimum Gasteiger partial charge on any atom is -0.462 e. The van der Waals surface area contributed by atoms with Gasteiger partial charge in [0.05, 0.1) is 11.8 Å². The number of para-hydroxylation sites is 1. The summed E-state index contributed by atoms with van der Waals surface area (Å²) in [6.07, 6.45) is 0.261. The molecule has 22 heavy (non-hydrogen) atoms. The molecule has 124 valence electrons. The maximum atomic E-state index is 13.1. The van der Waals surface area contributed by atoms with E-state index < -0.39 is 19.5 Å². The molecule has 0 bridgehead atoms. The van der Waals surface area contributed by atoms with Gasteiger partial charge in [-0.25, -0.2) is 5.09 Å². The monoisotopic (exact) mass is 327 g/mol. The van der Waals surface area contributed by atoms with Gasteiger partial charge in [0.25, 0.3) is 0 Å². The SMILES string of the molecule is CCC(NP(=O)(Oc1ccccc1)C(C)C)C(=O)OC(C)C. The minimum absolute atomic E-state index is 0.211. The Bertz CT molecular complexity index is 516. The zero-order valence-corrected chi connectivity index (χ0v) is 14.8. The van der Waals surface area contributed by atoms with Crippen molar-refractivity contribution in [3.63, 3.8) is 0 Å². The molecule has 0 aromatic heterocycles. The lowest BCUT2D eigenvalue weighted by Gasteiger charge is -2.27. The molecule has 0 fully saturated rings. The highest BCUT2D eigenvalue weighted by atomic mass is 31.2. The highest BCUT2D eigenvalue weighted by molar-refractivity contribution is 7.58. The predicted octanol–water partition coefficient (Wildman–Crippen LogP) is 3.99. The van der Waals surface area contributed by atoms with Crippen LogP contribution < -0.4 is 9.61 Å². The molecule has 0 amide bonds. The summed E-state index contributed by atoms with van der Waals surface area (Å²) < 4.78 is 24.0. The van der Waals surface area contributed by atoms with E-state index in [0.717, 1.165) is 0 Å². The molecule has 5 nitrogen and oxygen atoms in total. The summed E-state index contributed by atoms with van der Waals surface area (Å²) >= 11 is 0. The molecule has 2 atom stereocenters. The van der Waals surface area contributed by atoms with Gasteiger partial charge in [-0.1, -0.05) is 39.0 Å². The van der Waals surface area contributed by atoms with Crippen molar-refractivity contribution >= 4 is 13.5 Å². The highest BCUT2D eigenvalue weighted by Gasteiger charge is 2.35. The summed E-state index contributed by atoms with van der Waals surface area (Å²) in [5.41, 5.74) is -0.270. The molecule has 1 rings (SSSR count). The second-order valence-corrected chi connectivity index (χ2v) is 8.34. The maximum absolute atomic E-state index is 13.1. The van der Waals surface area contributed by atoms with Crippen molar-refractivity contribution in [2.45, 2.75) is 58.8 Å². The zero-order valence-electron chi connectivity index (χ0n) is 13.9. The number of hydrogen-bond donors (Lipinski definition) is 1. The fourth-order valence-electron chi connectivity index (χ4n) is 1.76. The van der Waals surface area contributed by atoms with Crippen LogP contribution in [0.2, 0.25) is 0 Å². The van der Waals surface area contributed by atoms with E-state index in [0.29, 0.717) is 12.2 Å². The molecular formula is C16H26NO4P. The van der Waals surface area contributed by atoms with Gasteiger partial charge in [0.2, 0.25) is 0 Å². The number of hydrogen-bond acceptors (Lipinski definition) is 4. The number of nitrogens with one attached hydrogen (secondary N) is 1. The largest absolute Gasteiger partial charge is 0.462 e. The third-order valence-electron chi connectivity index (χ3n) is 3.04. The lowest BCUT2D eigenvalue weighted by molar-refractivity contribution is -0.149. The molecule has 2 unspecified atom stereocenters. The smallest absolute Gasteiger partial charge is 0.323 e. The maximum Gasteiger partial charge on any atom is 0.323 e. The lowest BCUT2D eigenvalue weighted by Crippen LogP contribution is -2.39. The van der Waals surface area contributed by atoms with Gasteiger partial charge < -0.3 is 9.26 Å². The van der Waals surface area contributed by atoms with Crippen LogP contribution in [0.4, 0.5) is 0 Å². The molecule has 0 heterocycles. The minimum atomic E-state index is -3.23. The quantitative estimate of drug-likeness (QED) is 0.578. The number of esters is 1. The number of carbonyl (C=O) groups is 1. The Labute approximate surface area is 132 Å². The first-order valence-corrected chi connectivity index (χ1v) is 9.30. The van der Waals surface area contributed by atoms with E-state index in [4.69, 9.17) is 9.26 Å². The van der Waals surface area contributed by atoms with Crippen LogP contribution in [0.25, 0.3) is 0 Å². The fraction of sp³-hybridized carbons (Fsp3) is 0.562. The first-order valence-electron chi connectivity index (χ1n) is 7.61. The molecule has 0 saturated carbocycles. The molecule has 0 aliphatic carbocycles. The van der Waals surface area contributed by atoms with Crippen LogP contribution >= 0.6 is 7.52 Å². The van der Waals surface area contributed by atoms with Crippen LogP contribution in [0.3, 0.4) is 0 Å². The van der Waals surface area contributed by atoms with Crippen molar-refractivity contribution in [2.75, 3.05) is 0 Å². The first-order chi connectivity index (χ1) is 10.3. The van der Waals surface area contributed by atoms with E-state index in [9.17, 15) is 9.36 Å². The predicted molar refractivity (Wildman–Crippen MR) is 88.3 cm³/mol. The average Bonchev–Trinajstić information content (AvgIpc) is 2.44. The van der Waals surface area contributed by atoms with E-state index in [1.807, 2.05) is 25.1 Å². The van der Waals surface area contributed by atoms with Crippen molar-refractivity contribution in [2.24, 2.45) is 0 Å². The molecule has 6 heteroatoms. The molecule has 0 spiro atoms. The summed E-state index contributed by atoms with van der Waals surface area (Å²) in [5, 5.41) is 2.89. The van der Waals surface area contributed by atoms with Crippen molar-refractivity contribution in [1.29, 1.82) is 0 Å². The van der Waals surface area contributed by atoms with Crippen LogP contribution in [0, 0.1) is 0 Å². The molecule has 0 saturated heterocycles. The Balaban J connectivity index is 2.89. The highest BCUT2D eigenvalue weighted by Crippen LogP contribution is 2.48. The number of benzene rings is 1. The summed E-state index contributed by atoms with van der Waals surface area (Å²) in [4.78, 5) is 12.1. The summed E-state index contributed by atoms with van der Waals surface area (Å²) in [6, 6.07) is 8.30. The topological polar surface area (TPSA) is 64.6 Å². The van der Waals surface area contributed by atoms with Gasteiger partial charge in [0, 0.05) is 0 Å². The molecular weight excluding hydrogens is 301 g/mol. The van der Waals surface area contributed by atoms with Crippen molar-refractivity contribution in [3.8, 4) is 5.75 Å². The van der Waals surface area contributed by atoms with Crippen molar-refractivity contribution < 1.29 is 18.6 Å². The van der Waals surface area contributed by atoms with Crippen molar-refractivity contribution in [3.05, 3.63) is 30.3 Å². The number of rotatable bonds is 8. The zero-order chi connectivity index (χ0) is 16.8. The number of ether oxygens (including phenoxy) is 1. The molecule has 0 radical (unpaired) electrons. The Hall–Kier alpha value is -1.32. The molecule has 1 N–H and O–H groups in total. The van der Waals surface area contributed by atoms with Gasteiger partial charge in [-0.2, -0.15) is 0 Å². The second-order valence-electron chi connectivity index (χ2n) is 5.67. The second kappa shape index (κ2) is 8.35. The van der Waals surface area contributed by atoms with Gasteiger partial charge in [-0.15, -0.1) is 0 Å². The first kappa shape index (κ1) is 18.7. The van der Waals surface area contributed by atoms with Gasteiger partial charge in [0.1, 0.15) is 11.8 Å². The normalized spacial score (nSPS) is 15.4. The summed E-state index contributed by atoms with van der Waals surface area (Å²) in [5.74, 6) is 0.106. The van der Waals surface area contributed by atoms with Gasteiger partial charge in [-0.05, 0) is 32.4 Å². The Morgan fingerprint density at radius 3 is 2.23 bits per heavy atom. The van der Waals surface area contributed by atoms with E-state index in [2.05, 4.69) is 5.09 Å². The van der Waals surface area contributed by atoms with Gasteiger partial charge >= 0.3 is 13.5 Å². The van der Waals surface area contributed by atoms with Crippen molar-refractivity contribution in [1.82, 2.24) is 5.09 Å². The molecule has 0 aliphatic rings. The van der Waals surface area contributed by atoms with E-state index in [1.165, 1.54) is 0 Å². The van der Waals surface area contributed by atoms with E-state index in [1.54, 1.807) is 39.8 Å². The third-order valence-corrected chi connectivity index (χ3v) is 5.56. The van der Waals surface area contributed by atoms with E-state index in [-0.39, 0.29) is 11.8 Å². The van der Waals surface area contributed by atoms with Crippen LogP contribution in [0.15, 0.2) is 30.3 Å². The fourth-order valence-corrected chi connectivity index (χ4v) is 3.48. The van der Waals surface area contributed by atoms with Crippen LogP contribution in [-0.2, 0) is 14.1 Å².